The minimum absolute atomic E-state index is 0.0322. The van der Waals surface area contributed by atoms with E-state index in [-0.39, 0.29) is 29.0 Å². The number of morpholine rings is 1. The molecule has 1 aromatic rings. The molecule has 148 valence electrons. The van der Waals surface area contributed by atoms with Crippen molar-refractivity contribution in [1.82, 2.24) is 9.80 Å². The zero-order valence-electron chi connectivity index (χ0n) is 14.7. The number of carbonyl (C=O) groups excluding carboxylic acids is 2. The number of halogens is 3. The second-order valence-corrected chi connectivity index (χ2v) is 6.60. The first-order valence-electron chi connectivity index (χ1n) is 8.85. The van der Waals surface area contributed by atoms with Crippen LogP contribution in [0.2, 0.25) is 0 Å². The van der Waals surface area contributed by atoms with Gasteiger partial charge in [-0.25, -0.2) is 0 Å². The maximum absolute atomic E-state index is 12.7. The summed E-state index contributed by atoms with van der Waals surface area (Å²) in [6.07, 6.45) is -3.34. The van der Waals surface area contributed by atoms with E-state index in [2.05, 4.69) is 4.74 Å². The summed E-state index contributed by atoms with van der Waals surface area (Å²) in [5.41, 5.74) is 0.268. The quantitative estimate of drug-likeness (QED) is 0.800. The van der Waals surface area contributed by atoms with Crippen LogP contribution in [-0.2, 0) is 9.53 Å². The Bertz CT molecular complexity index is 672. The van der Waals surface area contributed by atoms with E-state index in [0.29, 0.717) is 45.8 Å². The van der Waals surface area contributed by atoms with Crippen LogP contribution in [0, 0.1) is 5.92 Å². The van der Waals surface area contributed by atoms with Crippen LogP contribution in [0.15, 0.2) is 24.3 Å². The molecule has 0 aromatic heterocycles. The van der Waals surface area contributed by atoms with Crippen LogP contribution >= 0.6 is 0 Å². The highest BCUT2D eigenvalue weighted by molar-refractivity contribution is 5.94. The fraction of sp³-hybridized carbons (Fsp3) is 0.556. The molecule has 0 spiro atoms. The van der Waals surface area contributed by atoms with Crippen LogP contribution in [0.4, 0.5) is 13.2 Å². The van der Waals surface area contributed by atoms with Gasteiger partial charge in [0.1, 0.15) is 5.75 Å². The van der Waals surface area contributed by atoms with Gasteiger partial charge in [-0.1, -0.05) is 0 Å². The van der Waals surface area contributed by atoms with Gasteiger partial charge in [0.05, 0.1) is 19.1 Å². The second-order valence-electron chi connectivity index (χ2n) is 6.60. The molecule has 2 amide bonds. The molecule has 0 saturated carbocycles. The molecule has 0 N–H and O–H groups in total. The van der Waals surface area contributed by atoms with Gasteiger partial charge < -0.3 is 19.3 Å². The van der Waals surface area contributed by atoms with Gasteiger partial charge in [-0.05, 0) is 37.1 Å². The Morgan fingerprint density at radius 2 is 1.70 bits per heavy atom. The van der Waals surface area contributed by atoms with Gasteiger partial charge in [0.15, 0.2) is 0 Å². The zero-order valence-corrected chi connectivity index (χ0v) is 14.7. The standard InChI is InChI=1S/C18H21F3N2O4/c19-18(20,21)27-15-5-3-13(4-6-15)16(24)23-7-1-2-14(12-23)17(25)22-8-10-26-11-9-22/h3-6,14H,1-2,7-12H2. The maximum Gasteiger partial charge on any atom is 0.573 e. The third-order valence-electron chi connectivity index (χ3n) is 4.72. The van der Waals surface area contributed by atoms with Crippen molar-refractivity contribution < 1.29 is 32.2 Å². The van der Waals surface area contributed by atoms with Crippen molar-refractivity contribution in [3.63, 3.8) is 0 Å². The molecule has 9 heteroatoms. The van der Waals surface area contributed by atoms with Crippen molar-refractivity contribution in [2.45, 2.75) is 19.2 Å². The number of piperidine rings is 1. The fourth-order valence-electron chi connectivity index (χ4n) is 3.39. The molecule has 0 radical (unpaired) electrons. The van der Waals surface area contributed by atoms with E-state index in [0.717, 1.165) is 18.6 Å². The third kappa shape index (κ3) is 5.12. The van der Waals surface area contributed by atoms with Crippen molar-refractivity contribution in [2.75, 3.05) is 39.4 Å². The smallest absolute Gasteiger partial charge is 0.406 e. The molecule has 2 aliphatic rings. The Hall–Kier alpha value is -2.29. The van der Waals surface area contributed by atoms with Crippen LogP contribution in [0.1, 0.15) is 23.2 Å². The van der Waals surface area contributed by atoms with E-state index >= 15 is 0 Å². The van der Waals surface area contributed by atoms with E-state index in [1.54, 1.807) is 9.80 Å². The Labute approximate surface area is 154 Å². The lowest BCUT2D eigenvalue weighted by atomic mass is 9.95. The van der Waals surface area contributed by atoms with Crippen LogP contribution < -0.4 is 4.74 Å². The summed E-state index contributed by atoms with van der Waals surface area (Å²) < 4.78 is 45.7. The number of hydrogen-bond acceptors (Lipinski definition) is 4. The SMILES string of the molecule is O=C(c1ccc(OC(F)(F)F)cc1)N1CCCC(C(=O)N2CCOCC2)C1. The predicted octanol–water partition coefficient (Wildman–Crippen LogP) is 2.30. The lowest BCUT2D eigenvalue weighted by Gasteiger charge is -2.36. The second kappa shape index (κ2) is 8.16. The van der Waals surface area contributed by atoms with Gasteiger partial charge in [0.2, 0.25) is 5.91 Å². The first-order valence-corrected chi connectivity index (χ1v) is 8.85. The summed E-state index contributed by atoms with van der Waals surface area (Å²) in [6, 6.07) is 4.83. The fourth-order valence-corrected chi connectivity index (χ4v) is 3.39. The van der Waals surface area contributed by atoms with Gasteiger partial charge >= 0.3 is 6.36 Å². The lowest BCUT2D eigenvalue weighted by molar-refractivity contribution is -0.274. The molecule has 1 atom stereocenters. The molecule has 1 unspecified atom stereocenters. The van der Waals surface area contributed by atoms with Gasteiger partial charge in [0, 0.05) is 31.7 Å². The van der Waals surface area contributed by atoms with E-state index in [4.69, 9.17) is 4.74 Å². The minimum Gasteiger partial charge on any atom is -0.406 e. The highest BCUT2D eigenvalue weighted by Crippen LogP contribution is 2.25. The Morgan fingerprint density at radius 1 is 1.04 bits per heavy atom. The van der Waals surface area contributed by atoms with Crippen LogP contribution in [0.3, 0.4) is 0 Å². The van der Waals surface area contributed by atoms with Gasteiger partial charge in [-0.2, -0.15) is 0 Å². The van der Waals surface area contributed by atoms with Crippen LogP contribution in [0.5, 0.6) is 5.75 Å². The largest absolute Gasteiger partial charge is 0.573 e. The molecule has 6 nitrogen and oxygen atoms in total. The number of hydrogen-bond donors (Lipinski definition) is 0. The summed E-state index contributed by atoms with van der Waals surface area (Å²) in [4.78, 5) is 28.7. The van der Waals surface area contributed by atoms with Gasteiger partial charge in [0.25, 0.3) is 5.91 Å². The molecule has 2 aliphatic heterocycles. The number of alkyl halides is 3. The number of amides is 2. The lowest BCUT2D eigenvalue weighted by Crippen LogP contribution is -2.49. The Kier molecular flexibility index (Phi) is 5.88. The molecular weight excluding hydrogens is 365 g/mol. The predicted molar refractivity (Wildman–Crippen MR) is 89.2 cm³/mol. The third-order valence-corrected chi connectivity index (χ3v) is 4.72. The summed E-state index contributed by atoms with van der Waals surface area (Å²) >= 11 is 0. The number of benzene rings is 1. The first kappa shape index (κ1) is 19.5. The molecule has 2 heterocycles. The van der Waals surface area contributed by atoms with E-state index in [1.807, 2.05) is 0 Å². The number of nitrogens with zero attached hydrogens (tertiary/aromatic N) is 2. The minimum atomic E-state index is -4.77. The van der Waals surface area contributed by atoms with E-state index < -0.39 is 6.36 Å². The number of carbonyl (C=O) groups is 2. The molecule has 27 heavy (non-hydrogen) atoms. The maximum atomic E-state index is 12.7. The van der Waals surface area contributed by atoms with Crippen molar-refractivity contribution in [1.29, 1.82) is 0 Å². The first-order chi connectivity index (χ1) is 12.8. The van der Waals surface area contributed by atoms with Crippen molar-refractivity contribution >= 4 is 11.8 Å². The zero-order chi connectivity index (χ0) is 19.4. The van der Waals surface area contributed by atoms with Crippen molar-refractivity contribution in [2.24, 2.45) is 5.92 Å². The number of rotatable bonds is 3. The van der Waals surface area contributed by atoms with Crippen molar-refractivity contribution in [3.8, 4) is 5.75 Å². The van der Waals surface area contributed by atoms with E-state index in [9.17, 15) is 22.8 Å². The van der Waals surface area contributed by atoms with Gasteiger partial charge in [-0.15, -0.1) is 13.2 Å². The number of likely N-dealkylation sites (tertiary alicyclic amines) is 1. The topological polar surface area (TPSA) is 59.1 Å². The van der Waals surface area contributed by atoms with E-state index in [1.165, 1.54) is 12.1 Å². The normalized spacial score (nSPS) is 21.1. The Morgan fingerprint density at radius 3 is 2.33 bits per heavy atom. The molecule has 2 saturated heterocycles. The summed E-state index contributed by atoms with van der Waals surface area (Å²) in [7, 11) is 0. The molecule has 2 fully saturated rings. The molecule has 3 rings (SSSR count). The number of ether oxygens (including phenoxy) is 2. The summed E-state index contributed by atoms with van der Waals surface area (Å²) in [5, 5.41) is 0. The summed E-state index contributed by atoms with van der Waals surface area (Å²) in [6.45, 7) is 3.00. The highest BCUT2D eigenvalue weighted by atomic mass is 19.4. The molecule has 0 bridgehead atoms. The Balaban J connectivity index is 1.61. The molecule has 1 aromatic carbocycles. The molecule has 0 aliphatic carbocycles. The molecular formula is C18H21F3N2O4. The average molecular weight is 386 g/mol. The van der Waals surface area contributed by atoms with Crippen molar-refractivity contribution in [3.05, 3.63) is 29.8 Å². The van der Waals surface area contributed by atoms with Crippen LogP contribution in [-0.4, -0.2) is 67.4 Å². The van der Waals surface area contributed by atoms with Crippen LogP contribution in [0.25, 0.3) is 0 Å². The highest BCUT2D eigenvalue weighted by Gasteiger charge is 2.33. The van der Waals surface area contributed by atoms with Gasteiger partial charge in [-0.3, -0.25) is 9.59 Å². The average Bonchev–Trinajstić information content (AvgIpc) is 2.67. The summed E-state index contributed by atoms with van der Waals surface area (Å²) in [5.74, 6) is -0.899. The monoisotopic (exact) mass is 386 g/mol.